The number of rotatable bonds is 6. The second-order valence-electron chi connectivity index (χ2n) is 7.58. The first kappa shape index (κ1) is 20.6. The number of pyridine rings is 1. The van der Waals surface area contributed by atoms with Crippen molar-refractivity contribution < 1.29 is 9.59 Å². The SMILES string of the molecule is O=C(Nc1ccccc1C(=O)NCc1cccnc1N1CCCCC1)c1ccccc1. The highest BCUT2D eigenvalue weighted by atomic mass is 16.2. The lowest BCUT2D eigenvalue weighted by molar-refractivity contribution is 0.0952. The molecule has 0 bridgehead atoms. The van der Waals surface area contributed by atoms with Crippen molar-refractivity contribution in [1.82, 2.24) is 10.3 Å². The van der Waals surface area contributed by atoms with Crippen molar-refractivity contribution in [3.05, 3.63) is 89.6 Å². The molecule has 0 spiro atoms. The first-order valence-electron chi connectivity index (χ1n) is 10.6. The molecule has 2 aromatic carbocycles. The fourth-order valence-electron chi connectivity index (χ4n) is 3.80. The molecule has 2 N–H and O–H groups in total. The Bertz CT molecular complexity index is 1050. The molecule has 6 nitrogen and oxygen atoms in total. The van der Waals surface area contributed by atoms with E-state index in [9.17, 15) is 9.59 Å². The van der Waals surface area contributed by atoms with E-state index in [1.54, 1.807) is 54.7 Å². The fraction of sp³-hybridized carbons (Fsp3) is 0.240. The van der Waals surface area contributed by atoms with E-state index >= 15 is 0 Å². The van der Waals surface area contributed by atoms with Gasteiger partial charge in [-0.3, -0.25) is 9.59 Å². The van der Waals surface area contributed by atoms with Gasteiger partial charge in [-0.15, -0.1) is 0 Å². The van der Waals surface area contributed by atoms with Gasteiger partial charge in [0.2, 0.25) is 0 Å². The number of benzene rings is 2. The van der Waals surface area contributed by atoms with E-state index in [1.165, 1.54) is 6.42 Å². The predicted molar refractivity (Wildman–Crippen MR) is 122 cm³/mol. The van der Waals surface area contributed by atoms with Crippen LogP contribution in [0.3, 0.4) is 0 Å². The number of nitrogens with zero attached hydrogens (tertiary/aromatic N) is 2. The topological polar surface area (TPSA) is 74.3 Å². The average Bonchev–Trinajstić information content (AvgIpc) is 2.84. The molecule has 6 heteroatoms. The zero-order chi connectivity index (χ0) is 21.5. The van der Waals surface area contributed by atoms with Crippen molar-refractivity contribution in [2.75, 3.05) is 23.3 Å². The summed E-state index contributed by atoms with van der Waals surface area (Å²) in [5.41, 5.74) is 2.44. The summed E-state index contributed by atoms with van der Waals surface area (Å²) in [6.45, 7) is 2.36. The summed E-state index contributed by atoms with van der Waals surface area (Å²) in [5, 5.41) is 5.84. The van der Waals surface area contributed by atoms with Crippen LogP contribution in [0.2, 0.25) is 0 Å². The second-order valence-corrected chi connectivity index (χ2v) is 7.58. The summed E-state index contributed by atoms with van der Waals surface area (Å²) < 4.78 is 0. The second kappa shape index (κ2) is 9.89. The molecular weight excluding hydrogens is 388 g/mol. The number of piperidine rings is 1. The molecule has 1 fully saturated rings. The third-order valence-corrected chi connectivity index (χ3v) is 5.42. The van der Waals surface area contributed by atoms with E-state index in [1.807, 2.05) is 18.2 Å². The molecule has 1 saturated heterocycles. The number of hydrogen-bond donors (Lipinski definition) is 2. The highest BCUT2D eigenvalue weighted by Crippen LogP contribution is 2.22. The van der Waals surface area contributed by atoms with Crippen molar-refractivity contribution >= 4 is 23.3 Å². The van der Waals surface area contributed by atoms with Gasteiger partial charge in [0.15, 0.2) is 0 Å². The lowest BCUT2D eigenvalue weighted by atomic mass is 10.1. The van der Waals surface area contributed by atoms with Gasteiger partial charge in [0.1, 0.15) is 5.82 Å². The van der Waals surface area contributed by atoms with Gasteiger partial charge in [-0.2, -0.15) is 0 Å². The van der Waals surface area contributed by atoms with Crippen LogP contribution in [0.25, 0.3) is 0 Å². The average molecular weight is 415 g/mol. The summed E-state index contributed by atoms with van der Waals surface area (Å²) in [7, 11) is 0. The van der Waals surface area contributed by atoms with Gasteiger partial charge in [0, 0.05) is 37.0 Å². The number of anilines is 2. The van der Waals surface area contributed by atoms with Crippen LogP contribution in [0.5, 0.6) is 0 Å². The molecule has 2 amide bonds. The molecule has 1 aromatic heterocycles. The summed E-state index contributed by atoms with van der Waals surface area (Å²) in [6.07, 6.45) is 5.37. The first-order chi connectivity index (χ1) is 15.2. The zero-order valence-corrected chi connectivity index (χ0v) is 17.4. The van der Waals surface area contributed by atoms with Crippen molar-refractivity contribution in [2.45, 2.75) is 25.8 Å². The van der Waals surface area contributed by atoms with E-state index < -0.39 is 0 Å². The van der Waals surface area contributed by atoms with Gasteiger partial charge >= 0.3 is 0 Å². The minimum Gasteiger partial charge on any atom is -0.356 e. The zero-order valence-electron chi connectivity index (χ0n) is 17.4. The van der Waals surface area contributed by atoms with Gasteiger partial charge in [-0.05, 0) is 49.6 Å². The fourth-order valence-corrected chi connectivity index (χ4v) is 3.80. The normalized spacial score (nSPS) is 13.5. The molecular formula is C25H26N4O2. The summed E-state index contributed by atoms with van der Waals surface area (Å²) >= 11 is 0. The first-order valence-corrected chi connectivity index (χ1v) is 10.6. The minimum atomic E-state index is -0.250. The quantitative estimate of drug-likeness (QED) is 0.632. The van der Waals surface area contributed by atoms with Crippen LogP contribution in [0.1, 0.15) is 45.5 Å². The number of nitrogens with one attached hydrogen (secondary N) is 2. The van der Waals surface area contributed by atoms with Crippen molar-refractivity contribution in [3.63, 3.8) is 0 Å². The van der Waals surface area contributed by atoms with Crippen LogP contribution in [0.15, 0.2) is 72.9 Å². The van der Waals surface area contributed by atoms with Crippen LogP contribution in [0.4, 0.5) is 11.5 Å². The molecule has 0 saturated carbocycles. The van der Waals surface area contributed by atoms with Crippen molar-refractivity contribution in [2.24, 2.45) is 0 Å². The Morgan fingerprint density at radius 1 is 0.839 bits per heavy atom. The molecule has 1 aliphatic rings. The third-order valence-electron chi connectivity index (χ3n) is 5.42. The monoisotopic (exact) mass is 414 g/mol. The maximum Gasteiger partial charge on any atom is 0.255 e. The van der Waals surface area contributed by atoms with E-state index in [2.05, 4.69) is 20.5 Å². The van der Waals surface area contributed by atoms with Crippen molar-refractivity contribution in [1.29, 1.82) is 0 Å². The number of aromatic nitrogens is 1. The minimum absolute atomic E-state index is 0.239. The Kier molecular flexibility index (Phi) is 6.57. The van der Waals surface area contributed by atoms with Gasteiger partial charge in [0.25, 0.3) is 11.8 Å². The van der Waals surface area contributed by atoms with Crippen LogP contribution in [-0.4, -0.2) is 29.9 Å². The Labute approximate surface area is 182 Å². The largest absolute Gasteiger partial charge is 0.356 e. The van der Waals surface area contributed by atoms with Gasteiger partial charge in [-0.1, -0.05) is 36.4 Å². The highest BCUT2D eigenvalue weighted by molar-refractivity contribution is 6.08. The van der Waals surface area contributed by atoms with Crippen LogP contribution >= 0.6 is 0 Å². The Morgan fingerprint density at radius 3 is 2.39 bits per heavy atom. The van der Waals surface area contributed by atoms with Crippen LogP contribution < -0.4 is 15.5 Å². The van der Waals surface area contributed by atoms with Crippen LogP contribution in [0, 0.1) is 0 Å². The van der Waals surface area contributed by atoms with Crippen LogP contribution in [-0.2, 0) is 6.54 Å². The maximum absolute atomic E-state index is 12.9. The molecule has 0 atom stereocenters. The molecule has 1 aliphatic heterocycles. The summed E-state index contributed by atoms with van der Waals surface area (Å²) in [6, 6.07) is 19.9. The Balaban J connectivity index is 1.46. The van der Waals surface area contributed by atoms with Gasteiger partial charge in [0.05, 0.1) is 11.3 Å². The predicted octanol–water partition coefficient (Wildman–Crippen LogP) is 4.25. The van der Waals surface area contributed by atoms with Gasteiger partial charge in [-0.25, -0.2) is 4.98 Å². The highest BCUT2D eigenvalue weighted by Gasteiger charge is 2.17. The lowest BCUT2D eigenvalue weighted by Gasteiger charge is -2.29. The van der Waals surface area contributed by atoms with Gasteiger partial charge < -0.3 is 15.5 Å². The molecule has 2 heterocycles. The molecule has 4 rings (SSSR count). The van der Waals surface area contributed by atoms with E-state index in [-0.39, 0.29) is 11.8 Å². The number of amides is 2. The van der Waals surface area contributed by atoms with E-state index in [0.717, 1.165) is 37.3 Å². The summed E-state index contributed by atoms with van der Waals surface area (Å²) in [4.78, 5) is 32.3. The molecule has 0 unspecified atom stereocenters. The Morgan fingerprint density at radius 2 is 1.58 bits per heavy atom. The van der Waals surface area contributed by atoms with Crippen molar-refractivity contribution in [3.8, 4) is 0 Å². The molecule has 3 aromatic rings. The Hall–Kier alpha value is -3.67. The maximum atomic E-state index is 12.9. The number of hydrogen-bond acceptors (Lipinski definition) is 4. The number of para-hydroxylation sites is 1. The van der Waals surface area contributed by atoms with E-state index in [0.29, 0.717) is 23.4 Å². The number of carbonyl (C=O) groups excluding carboxylic acids is 2. The summed E-state index contributed by atoms with van der Waals surface area (Å²) in [5.74, 6) is 0.450. The standard InChI is InChI=1S/C25H26N4O2/c30-24(19-10-3-1-4-11-19)28-22-14-6-5-13-21(22)25(31)27-18-20-12-9-15-26-23(20)29-16-7-2-8-17-29/h1,3-6,9-15H,2,7-8,16-18H2,(H,27,31)(H,28,30). The molecule has 0 radical (unpaired) electrons. The smallest absolute Gasteiger partial charge is 0.255 e. The number of carbonyl (C=O) groups is 2. The molecule has 0 aliphatic carbocycles. The molecule has 31 heavy (non-hydrogen) atoms. The lowest BCUT2D eigenvalue weighted by Crippen LogP contribution is -2.32. The van der Waals surface area contributed by atoms with E-state index in [4.69, 9.17) is 0 Å². The molecule has 158 valence electrons. The third kappa shape index (κ3) is 5.09.